The van der Waals surface area contributed by atoms with Crippen LogP contribution >= 0.6 is 11.8 Å². The number of benzene rings is 3. The van der Waals surface area contributed by atoms with Crippen LogP contribution in [0.25, 0.3) is 5.57 Å². The van der Waals surface area contributed by atoms with Crippen LogP contribution in [0.3, 0.4) is 0 Å². The summed E-state index contributed by atoms with van der Waals surface area (Å²) in [5.74, 6) is 0.134. The first kappa shape index (κ1) is 20.0. The summed E-state index contributed by atoms with van der Waals surface area (Å²) < 4.78 is 0. The SMILES string of the molecule is CN(C)c1ccc(C(=O)N2CCC(=C3c4ccccc4Sc4ccccc43)CC2)cc1. The molecule has 0 radical (unpaired) electrons. The summed E-state index contributed by atoms with van der Waals surface area (Å²) in [5, 5.41) is 0. The lowest BCUT2D eigenvalue weighted by molar-refractivity contribution is 0.0744. The second-order valence-corrected chi connectivity index (χ2v) is 9.39. The van der Waals surface area contributed by atoms with Crippen molar-refractivity contribution in [1.29, 1.82) is 0 Å². The van der Waals surface area contributed by atoms with Crippen molar-refractivity contribution in [2.24, 2.45) is 0 Å². The molecular weight excluding hydrogens is 400 g/mol. The second kappa shape index (κ2) is 8.27. The first-order chi connectivity index (χ1) is 15.1. The molecule has 0 unspecified atom stereocenters. The Morgan fingerprint density at radius 3 is 1.90 bits per heavy atom. The van der Waals surface area contributed by atoms with Crippen molar-refractivity contribution >= 4 is 28.9 Å². The van der Waals surface area contributed by atoms with Crippen LogP contribution in [0.15, 0.2) is 88.2 Å². The summed E-state index contributed by atoms with van der Waals surface area (Å²) >= 11 is 1.85. The number of nitrogens with zero attached hydrogens (tertiary/aromatic N) is 2. The molecule has 0 spiro atoms. The van der Waals surface area contributed by atoms with E-state index in [9.17, 15) is 4.79 Å². The van der Waals surface area contributed by atoms with Crippen molar-refractivity contribution in [1.82, 2.24) is 4.90 Å². The lowest BCUT2D eigenvalue weighted by Crippen LogP contribution is -2.36. The largest absolute Gasteiger partial charge is 0.378 e. The maximum atomic E-state index is 13.1. The van der Waals surface area contributed by atoms with Crippen LogP contribution in [0, 0.1) is 0 Å². The molecule has 0 bridgehead atoms. The number of likely N-dealkylation sites (tertiary alicyclic amines) is 1. The molecule has 3 aromatic rings. The fourth-order valence-electron chi connectivity index (χ4n) is 4.48. The smallest absolute Gasteiger partial charge is 0.253 e. The van der Waals surface area contributed by atoms with E-state index in [1.165, 1.54) is 32.1 Å². The van der Waals surface area contributed by atoms with E-state index in [1.54, 1.807) is 0 Å². The molecule has 2 aliphatic heterocycles. The van der Waals surface area contributed by atoms with Crippen LogP contribution in [0.4, 0.5) is 5.69 Å². The number of anilines is 1. The summed E-state index contributed by atoms with van der Waals surface area (Å²) in [5.41, 5.74) is 7.39. The molecule has 2 aliphatic rings. The van der Waals surface area contributed by atoms with E-state index < -0.39 is 0 Å². The Balaban J connectivity index is 1.41. The molecule has 0 aliphatic carbocycles. The maximum absolute atomic E-state index is 13.1. The number of amides is 1. The average Bonchev–Trinajstić information content (AvgIpc) is 2.82. The quantitative estimate of drug-likeness (QED) is 0.395. The molecule has 31 heavy (non-hydrogen) atoms. The van der Waals surface area contributed by atoms with Crippen molar-refractivity contribution < 1.29 is 4.79 Å². The van der Waals surface area contributed by atoms with Crippen LogP contribution in [0.5, 0.6) is 0 Å². The van der Waals surface area contributed by atoms with Gasteiger partial charge in [-0.1, -0.05) is 53.7 Å². The Hall–Kier alpha value is -2.98. The van der Waals surface area contributed by atoms with E-state index in [0.29, 0.717) is 0 Å². The number of hydrogen-bond acceptors (Lipinski definition) is 3. The van der Waals surface area contributed by atoms with E-state index >= 15 is 0 Å². The highest BCUT2D eigenvalue weighted by Crippen LogP contribution is 2.47. The van der Waals surface area contributed by atoms with Gasteiger partial charge >= 0.3 is 0 Å². The van der Waals surface area contributed by atoms with Gasteiger partial charge in [0, 0.05) is 48.2 Å². The average molecular weight is 427 g/mol. The van der Waals surface area contributed by atoms with Crippen molar-refractivity contribution in [3.8, 4) is 0 Å². The standard InChI is InChI=1S/C27H26N2OS/c1-28(2)21-13-11-20(12-14-21)27(30)29-17-15-19(16-18-29)26-22-7-3-5-9-24(22)31-25-10-6-4-8-23(25)26/h3-14H,15-18H2,1-2H3. The number of carbonyl (C=O) groups excluding carboxylic acids is 1. The fourth-order valence-corrected chi connectivity index (χ4v) is 5.57. The summed E-state index contributed by atoms with van der Waals surface area (Å²) in [6.07, 6.45) is 1.84. The molecule has 1 saturated heterocycles. The highest BCUT2D eigenvalue weighted by Gasteiger charge is 2.27. The monoisotopic (exact) mass is 426 g/mol. The van der Waals surface area contributed by atoms with Gasteiger partial charge in [-0.15, -0.1) is 0 Å². The lowest BCUT2D eigenvalue weighted by Gasteiger charge is -2.32. The molecule has 5 rings (SSSR count). The van der Waals surface area contributed by atoms with Gasteiger partial charge in [-0.05, 0) is 65.9 Å². The Bertz CT molecular complexity index is 1110. The molecule has 3 nitrogen and oxygen atoms in total. The minimum atomic E-state index is 0.134. The third kappa shape index (κ3) is 3.77. The Morgan fingerprint density at radius 1 is 0.806 bits per heavy atom. The summed E-state index contributed by atoms with van der Waals surface area (Å²) in [6.45, 7) is 1.54. The van der Waals surface area contributed by atoms with Gasteiger partial charge in [-0.2, -0.15) is 0 Å². The number of carbonyl (C=O) groups is 1. The molecule has 0 saturated carbocycles. The Labute approximate surface area is 188 Å². The molecule has 2 heterocycles. The molecule has 0 aromatic heterocycles. The third-order valence-corrected chi connectivity index (χ3v) is 7.32. The molecule has 156 valence electrons. The van der Waals surface area contributed by atoms with E-state index in [1.807, 2.05) is 59.9 Å². The molecule has 0 N–H and O–H groups in total. The number of hydrogen-bond donors (Lipinski definition) is 0. The molecular formula is C27H26N2OS. The van der Waals surface area contributed by atoms with Gasteiger partial charge in [-0.3, -0.25) is 4.79 Å². The van der Waals surface area contributed by atoms with Crippen LogP contribution in [0.1, 0.15) is 34.3 Å². The van der Waals surface area contributed by atoms with Crippen LogP contribution in [-0.2, 0) is 0 Å². The minimum absolute atomic E-state index is 0.134. The number of rotatable bonds is 2. The topological polar surface area (TPSA) is 23.6 Å². The van der Waals surface area contributed by atoms with Crippen molar-refractivity contribution in [2.75, 3.05) is 32.1 Å². The van der Waals surface area contributed by atoms with Gasteiger partial charge in [0.2, 0.25) is 0 Å². The van der Waals surface area contributed by atoms with Gasteiger partial charge in [0.1, 0.15) is 0 Å². The van der Waals surface area contributed by atoms with Gasteiger partial charge in [0.15, 0.2) is 0 Å². The predicted octanol–water partition coefficient (Wildman–Crippen LogP) is 5.96. The Morgan fingerprint density at radius 2 is 1.35 bits per heavy atom. The van der Waals surface area contributed by atoms with Gasteiger partial charge in [-0.25, -0.2) is 0 Å². The summed E-state index contributed by atoms with van der Waals surface area (Å²) in [4.78, 5) is 19.7. The minimum Gasteiger partial charge on any atom is -0.378 e. The van der Waals surface area contributed by atoms with Crippen LogP contribution in [-0.4, -0.2) is 38.0 Å². The van der Waals surface area contributed by atoms with E-state index in [4.69, 9.17) is 0 Å². The third-order valence-electron chi connectivity index (χ3n) is 6.17. The van der Waals surface area contributed by atoms with Gasteiger partial charge in [0.05, 0.1) is 0 Å². The molecule has 3 aromatic carbocycles. The Kier molecular flexibility index (Phi) is 5.33. The highest BCUT2D eigenvalue weighted by molar-refractivity contribution is 7.99. The first-order valence-corrected chi connectivity index (χ1v) is 11.6. The summed E-state index contributed by atoms with van der Waals surface area (Å²) in [7, 11) is 4.02. The van der Waals surface area contributed by atoms with E-state index in [2.05, 4.69) is 48.5 Å². The van der Waals surface area contributed by atoms with Crippen molar-refractivity contribution in [3.05, 3.63) is 95.1 Å². The van der Waals surface area contributed by atoms with E-state index in [-0.39, 0.29) is 5.91 Å². The molecule has 0 atom stereocenters. The maximum Gasteiger partial charge on any atom is 0.253 e. The van der Waals surface area contributed by atoms with Crippen LogP contribution < -0.4 is 4.90 Å². The number of fused-ring (bicyclic) bond motifs is 2. The normalized spacial score (nSPS) is 15.4. The zero-order valence-corrected chi connectivity index (χ0v) is 18.8. The zero-order valence-electron chi connectivity index (χ0n) is 18.0. The van der Waals surface area contributed by atoms with Crippen molar-refractivity contribution in [2.45, 2.75) is 22.6 Å². The van der Waals surface area contributed by atoms with Crippen molar-refractivity contribution in [3.63, 3.8) is 0 Å². The molecule has 1 amide bonds. The molecule has 1 fully saturated rings. The highest BCUT2D eigenvalue weighted by atomic mass is 32.2. The molecule has 4 heteroatoms. The lowest BCUT2D eigenvalue weighted by atomic mass is 9.88. The predicted molar refractivity (Wildman–Crippen MR) is 129 cm³/mol. The van der Waals surface area contributed by atoms with Crippen LogP contribution in [0.2, 0.25) is 0 Å². The first-order valence-electron chi connectivity index (χ1n) is 10.8. The fraction of sp³-hybridized carbons (Fsp3) is 0.222. The van der Waals surface area contributed by atoms with Gasteiger partial charge in [0.25, 0.3) is 5.91 Å². The zero-order chi connectivity index (χ0) is 21.4. The van der Waals surface area contributed by atoms with E-state index in [0.717, 1.165) is 37.2 Å². The summed E-state index contributed by atoms with van der Waals surface area (Å²) in [6, 6.07) is 25.3. The van der Waals surface area contributed by atoms with Gasteiger partial charge < -0.3 is 9.80 Å². The number of piperidine rings is 1. The second-order valence-electron chi connectivity index (χ2n) is 8.31.